The molecule has 128 valence electrons. The van der Waals surface area contributed by atoms with E-state index < -0.39 is 0 Å². The second-order valence-electron chi connectivity index (χ2n) is 5.92. The zero-order valence-electron chi connectivity index (χ0n) is 13.7. The number of hydrogen-bond donors (Lipinski definition) is 0. The summed E-state index contributed by atoms with van der Waals surface area (Å²) in [6, 6.07) is 11.7. The lowest BCUT2D eigenvalue weighted by atomic mass is 10.1. The van der Waals surface area contributed by atoms with Crippen molar-refractivity contribution in [1.82, 2.24) is 30.0 Å². The molecule has 1 saturated heterocycles. The summed E-state index contributed by atoms with van der Waals surface area (Å²) in [6.07, 6.45) is 1.51. The molecule has 8 heteroatoms. The van der Waals surface area contributed by atoms with Crippen LogP contribution in [0.1, 0.15) is 15.2 Å². The highest BCUT2D eigenvalue weighted by molar-refractivity contribution is 7.09. The minimum Gasteiger partial charge on any atom is -0.336 e. The third-order valence-electron chi connectivity index (χ3n) is 4.35. The molecule has 1 aromatic carbocycles. The smallest absolute Gasteiger partial charge is 0.256 e. The van der Waals surface area contributed by atoms with Gasteiger partial charge in [0.25, 0.3) is 5.91 Å². The van der Waals surface area contributed by atoms with Gasteiger partial charge in [0, 0.05) is 37.6 Å². The molecule has 0 atom stereocenters. The monoisotopic (exact) mass is 354 g/mol. The van der Waals surface area contributed by atoms with Crippen molar-refractivity contribution in [2.45, 2.75) is 6.54 Å². The van der Waals surface area contributed by atoms with Crippen LogP contribution in [-0.4, -0.2) is 62.1 Å². The Kier molecular flexibility index (Phi) is 4.53. The molecule has 25 heavy (non-hydrogen) atoms. The summed E-state index contributed by atoms with van der Waals surface area (Å²) in [7, 11) is 0. The zero-order valence-corrected chi connectivity index (χ0v) is 14.5. The van der Waals surface area contributed by atoms with E-state index in [4.69, 9.17) is 0 Å². The first kappa shape index (κ1) is 15.9. The highest BCUT2D eigenvalue weighted by Gasteiger charge is 2.24. The van der Waals surface area contributed by atoms with Crippen molar-refractivity contribution < 1.29 is 4.79 Å². The number of carbonyl (C=O) groups excluding carboxylic acids is 1. The van der Waals surface area contributed by atoms with Crippen LogP contribution in [0.25, 0.3) is 5.69 Å². The molecule has 1 aliphatic heterocycles. The lowest BCUT2D eigenvalue weighted by Gasteiger charge is -2.34. The van der Waals surface area contributed by atoms with Crippen LogP contribution in [-0.2, 0) is 6.54 Å². The summed E-state index contributed by atoms with van der Waals surface area (Å²) in [5.74, 6) is 0.0295. The van der Waals surface area contributed by atoms with Crippen LogP contribution < -0.4 is 0 Å². The number of carbonyl (C=O) groups is 1. The number of nitrogens with zero attached hydrogens (tertiary/aromatic N) is 6. The summed E-state index contributed by atoms with van der Waals surface area (Å²) in [4.78, 5) is 18.6. The first-order valence-electron chi connectivity index (χ1n) is 8.17. The van der Waals surface area contributed by atoms with Crippen molar-refractivity contribution in [2.75, 3.05) is 26.2 Å². The molecule has 1 aliphatic rings. The van der Waals surface area contributed by atoms with E-state index in [0.717, 1.165) is 32.7 Å². The maximum absolute atomic E-state index is 13.0. The van der Waals surface area contributed by atoms with Crippen molar-refractivity contribution in [2.24, 2.45) is 0 Å². The maximum Gasteiger partial charge on any atom is 0.256 e. The van der Waals surface area contributed by atoms with Gasteiger partial charge in [0.1, 0.15) is 6.33 Å². The number of aromatic nitrogens is 4. The minimum absolute atomic E-state index is 0.0295. The Bertz CT molecular complexity index is 825. The Morgan fingerprint density at radius 2 is 1.92 bits per heavy atom. The van der Waals surface area contributed by atoms with Gasteiger partial charge < -0.3 is 4.90 Å². The van der Waals surface area contributed by atoms with E-state index in [1.807, 2.05) is 29.2 Å². The molecule has 0 saturated carbocycles. The third-order valence-corrected chi connectivity index (χ3v) is 5.21. The third kappa shape index (κ3) is 3.45. The Morgan fingerprint density at radius 3 is 2.64 bits per heavy atom. The highest BCUT2D eigenvalue weighted by atomic mass is 32.1. The van der Waals surface area contributed by atoms with E-state index >= 15 is 0 Å². The van der Waals surface area contributed by atoms with E-state index in [-0.39, 0.29) is 5.91 Å². The quantitative estimate of drug-likeness (QED) is 0.713. The van der Waals surface area contributed by atoms with E-state index in [0.29, 0.717) is 11.3 Å². The van der Waals surface area contributed by atoms with Gasteiger partial charge in [-0.3, -0.25) is 9.69 Å². The fraction of sp³-hybridized carbons (Fsp3) is 0.294. The van der Waals surface area contributed by atoms with Gasteiger partial charge in [0.15, 0.2) is 0 Å². The van der Waals surface area contributed by atoms with Crippen molar-refractivity contribution in [3.63, 3.8) is 0 Å². The summed E-state index contributed by atoms with van der Waals surface area (Å²) >= 11 is 1.78. The van der Waals surface area contributed by atoms with E-state index in [9.17, 15) is 4.79 Å². The van der Waals surface area contributed by atoms with E-state index in [2.05, 4.69) is 37.9 Å². The Hall–Kier alpha value is -2.58. The number of benzene rings is 1. The molecule has 2 aromatic heterocycles. The van der Waals surface area contributed by atoms with Gasteiger partial charge in [-0.15, -0.1) is 16.4 Å². The number of piperazine rings is 1. The summed E-state index contributed by atoms with van der Waals surface area (Å²) in [5.41, 5.74) is 1.33. The molecule has 0 aliphatic carbocycles. The molecular formula is C17H18N6OS. The average molecular weight is 354 g/mol. The molecule has 0 N–H and O–H groups in total. The maximum atomic E-state index is 13.0. The van der Waals surface area contributed by atoms with Gasteiger partial charge in [-0.2, -0.15) is 4.68 Å². The average Bonchev–Trinajstić information content (AvgIpc) is 3.36. The van der Waals surface area contributed by atoms with Gasteiger partial charge in [-0.25, -0.2) is 0 Å². The number of thiophene rings is 1. The second kappa shape index (κ2) is 7.12. The molecule has 0 spiro atoms. The van der Waals surface area contributed by atoms with Crippen LogP contribution >= 0.6 is 11.3 Å². The Morgan fingerprint density at radius 1 is 1.08 bits per heavy atom. The zero-order chi connectivity index (χ0) is 17.1. The van der Waals surface area contributed by atoms with Crippen molar-refractivity contribution in [3.05, 3.63) is 58.5 Å². The SMILES string of the molecule is O=C(c1ccccc1-n1cnnn1)N1CCN(Cc2cccs2)CC1. The van der Waals surface area contributed by atoms with Crippen LogP contribution in [0.3, 0.4) is 0 Å². The molecule has 0 radical (unpaired) electrons. The summed E-state index contributed by atoms with van der Waals surface area (Å²) in [5, 5.41) is 13.3. The number of tetrazole rings is 1. The number of para-hydroxylation sites is 1. The molecular weight excluding hydrogens is 336 g/mol. The molecule has 4 rings (SSSR count). The topological polar surface area (TPSA) is 67.2 Å². The minimum atomic E-state index is 0.0295. The summed E-state index contributed by atoms with van der Waals surface area (Å²) in [6.45, 7) is 4.19. The molecule has 1 fully saturated rings. The fourth-order valence-corrected chi connectivity index (χ4v) is 3.77. The first-order chi connectivity index (χ1) is 12.3. The Balaban J connectivity index is 1.44. The molecule has 3 aromatic rings. The van der Waals surface area contributed by atoms with Crippen LogP contribution in [0, 0.1) is 0 Å². The van der Waals surface area contributed by atoms with E-state index in [1.54, 1.807) is 11.3 Å². The standard InChI is InChI=1S/C17H18N6OS/c24-17(15-5-1-2-6-16(15)23-13-18-19-20-23)22-9-7-21(8-10-22)12-14-4-3-11-25-14/h1-6,11,13H,7-10,12H2. The lowest BCUT2D eigenvalue weighted by Crippen LogP contribution is -2.48. The van der Waals surface area contributed by atoms with Crippen molar-refractivity contribution >= 4 is 17.2 Å². The molecule has 7 nitrogen and oxygen atoms in total. The molecule has 3 heterocycles. The van der Waals surface area contributed by atoms with Crippen LogP contribution in [0.15, 0.2) is 48.1 Å². The van der Waals surface area contributed by atoms with Crippen LogP contribution in [0.5, 0.6) is 0 Å². The van der Waals surface area contributed by atoms with Crippen LogP contribution in [0.2, 0.25) is 0 Å². The van der Waals surface area contributed by atoms with Crippen molar-refractivity contribution in [3.8, 4) is 5.69 Å². The molecule has 0 unspecified atom stereocenters. The largest absolute Gasteiger partial charge is 0.336 e. The predicted octanol–water partition coefficient (Wildman–Crippen LogP) is 1.68. The molecule has 1 amide bonds. The van der Waals surface area contributed by atoms with Gasteiger partial charge in [-0.05, 0) is 34.0 Å². The molecule has 0 bridgehead atoms. The van der Waals surface area contributed by atoms with E-state index in [1.165, 1.54) is 15.9 Å². The number of rotatable bonds is 4. The predicted molar refractivity (Wildman–Crippen MR) is 94.7 cm³/mol. The summed E-state index contributed by atoms with van der Waals surface area (Å²) < 4.78 is 1.53. The van der Waals surface area contributed by atoms with Gasteiger partial charge in [0.05, 0.1) is 11.3 Å². The van der Waals surface area contributed by atoms with Gasteiger partial charge in [-0.1, -0.05) is 18.2 Å². The van der Waals surface area contributed by atoms with Crippen LogP contribution in [0.4, 0.5) is 0 Å². The highest BCUT2D eigenvalue weighted by Crippen LogP contribution is 2.18. The number of hydrogen-bond acceptors (Lipinski definition) is 6. The second-order valence-corrected chi connectivity index (χ2v) is 6.95. The van der Waals surface area contributed by atoms with Crippen molar-refractivity contribution in [1.29, 1.82) is 0 Å². The Labute approximate surface area is 149 Å². The van der Waals surface area contributed by atoms with Gasteiger partial charge in [0.2, 0.25) is 0 Å². The number of amides is 1. The van der Waals surface area contributed by atoms with Gasteiger partial charge >= 0.3 is 0 Å². The lowest BCUT2D eigenvalue weighted by molar-refractivity contribution is 0.0629. The fourth-order valence-electron chi connectivity index (χ4n) is 3.03. The first-order valence-corrected chi connectivity index (χ1v) is 9.05. The normalized spacial score (nSPS) is 15.4.